The maximum absolute atomic E-state index is 9.95. The highest BCUT2D eigenvalue weighted by atomic mass is 16.5. The van der Waals surface area contributed by atoms with Gasteiger partial charge in [-0.05, 0) is 33.1 Å². The van der Waals surface area contributed by atoms with Crippen molar-refractivity contribution in [2.24, 2.45) is 4.99 Å². The summed E-state index contributed by atoms with van der Waals surface area (Å²) in [5.74, 6) is 0.757. The molecule has 17 heavy (non-hydrogen) atoms. The molecule has 0 amide bonds. The van der Waals surface area contributed by atoms with Gasteiger partial charge in [0.25, 0.3) is 0 Å². The smallest absolute Gasteiger partial charge is 0.191 e. The maximum atomic E-state index is 9.95. The molecule has 5 heteroatoms. The van der Waals surface area contributed by atoms with Crippen molar-refractivity contribution in [1.29, 1.82) is 0 Å². The number of nitrogens with one attached hydrogen (secondary N) is 2. The molecule has 5 nitrogen and oxygen atoms in total. The molecule has 0 unspecified atom stereocenters. The monoisotopic (exact) mass is 243 g/mol. The number of rotatable bonds is 7. The summed E-state index contributed by atoms with van der Waals surface area (Å²) in [7, 11) is 0. The largest absolute Gasteiger partial charge is 0.388 e. The summed E-state index contributed by atoms with van der Waals surface area (Å²) in [6.07, 6.45) is 2.85. The Morgan fingerprint density at radius 1 is 1.35 bits per heavy atom. The van der Waals surface area contributed by atoms with E-state index in [1.165, 1.54) is 0 Å². The van der Waals surface area contributed by atoms with Crippen molar-refractivity contribution in [3.8, 4) is 0 Å². The Morgan fingerprint density at radius 3 is 2.65 bits per heavy atom. The van der Waals surface area contributed by atoms with Crippen molar-refractivity contribution >= 4 is 5.96 Å². The molecule has 1 rings (SSSR count). The standard InChI is InChI=1S/C12H25N3O2/c1-3-13-11(14-8-9-17-4-2)15-10-12(16)6-5-7-12/h16H,3-10H2,1-2H3,(H2,13,14,15). The molecule has 0 saturated heterocycles. The lowest BCUT2D eigenvalue weighted by atomic mass is 9.80. The molecule has 0 aromatic carbocycles. The van der Waals surface area contributed by atoms with Crippen LogP contribution in [0.3, 0.4) is 0 Å². The van der Waals surface area contributed by atoms with Gasteiger partial charge < -0.3 is 20.5 Å². The van der Waals surface area contributed by atoms with E-state index in [1.807, 2.05) is 13.8 Å². The van der Waals surface area contributed by atoms with E-state index in [0.717, 1.165) is 44.9 Å². The van der Waals surface area contributed by atoms with Crippen molar-refractivity contribution in [1.82, 2.24) is 10.6 Å². The fourth-order valence-corrected chi connectivity index (χ4v) is 1.70. The minimum absolute atomic E-state index is 0.483. The predicted octanol–water partition coefficient (Wildman–Crippen LogP) is 0.493. The van der Waals surface area contributed by atoms with Crippen molar-refractivity contribution in [2.45, 2.75) is 38.7 Å². The molecule has 0 heterocycles. The molecule has 1 fully saturated rings. The van der Waals surface area contributed by atoms with Crippen LogP contribution < -0.4 is 10.6 Å². The van der Waals surface area contributed by atoms with E-state index in [-0.39, 0.29) is 0 Å². The molecular formula is C12H25N3O2. The first-order valence-corrected chi connectivity index (χ1v) is 6.52. The molecule has 1 aliphatic carbocycles. The van der Waals surface area contributed by atoms with E-state index in [0.29, 0.717) is 13.2 Å². The molecule has 0 spiro atoms. The number of hydrogen-bond acceptors (Lipinski definition) is 3. The molecular weight excluding hydrogens is 218 g/mol. The van der Waals surface area contributed by atoms with Crippen LogP contribution in [0.2, 0.25) is 0 Å². The van der Waals surface area contributed by atoms with Crippen LogP contribution in [-0.2, 0) is 4.74 Å². The summed E-state index contributed by atoms with van der Waals surface area (Å²) in [6, 6.07) is 0. The summed E-state index contributed by atoms with van der Waals surface area (Å²) in [5.41, 5.74) is -0.553. The van der Waals surface area contributed by atoms with Gasteiger partial charge in [0.1, 0.15) is 0 Å². The summed E-state index contributed by atoms with van der Waals surface area (Å²) in [5, 5.41) is 16.3. The van der Waals surface area contributed by atoms with Gasteiger partial charge in [0.2, 0.25) is 0 Å². The van der Waals surface area contributed by atoms with Gasteiger partial charge >= 0.3 is 0 Å². The SMILES string of the molecule is CCNC(=NCC1(O)CCC1)NCCOCC. The summed E-state index contributed by atoms with van der Waals surface area (Å²) >= 11 is 0. The Bertz CT molecular complexity index is 240. The second-order valence-corrected chi connectivity index (χ2v) is 4.40. The van der Waals surface area contributed by atoms with Gasteiger partial charge in [-0.25, -0.2) is 0 Å². The molecule has 3 N–H and O–H groups in total. The first kappa shape index (κ1) is 14.3. The molecule has 0 aromatic heterocycles. The molecule has 1 aliphatic rings. The first-order chi connectivity index (χ1) is 8.20. The molecule has 0 bridgehead atoms. The first-order valence-electron chi connectivity index (χ1n) is 6.52. The highest BCUT2D eigenvalue weighted by Crippen LogP contribution is 2.31. The van der Waals surface area contributed by atoms with Crippen LogP contribution in [-0.4, -0.2) is 49.5 Å². The van der Waals surface area contributed by atoms with Crippen LogP contribution in [0.5, 0.6) is 0 Å². The van der Waals surface area contributed by atoms with E-state index < -0.39 is 5.60 Å². The van der Waals surface area contributed by atoms with Gasteiger partial charge in [-0.3, -0.25) is 4.99 Å². The lowest BCUT2D eigenvalue weighted by Crippen LogP contribution is -2.43. The zero-order valence-electron chi connectivity index (χ0n) is 11.0. The van der Waals surface area contributed by atoms with E-state index in [9.17, 15) is 5.11 Å². The summed E-state index contributed by atoms with van der Waals surface area (Å²) < 4.78 is 5.25. The minimum Gasteiger partial charge on any atom is -0.388 e. The van der Waals surface area contributed by atoms with Crippen LogP contribution in [0.25, 0.3) is 0 Å². The van der Waals surface area contributed by atoms with Gasteiger partial charge in [-0.1, -0.05) is 0 Å². The quantitative estimate of drug-likeness (QED) is 0.346. The van der Waals surface area contributed by atoms with Crippen molar-refractivity contribution in [3.05, 3.63) is 0 Å². The van der Waals surface area contributed by atoms with Crippen LogP contribution in [0.15, 0.2) is 4.99 Å². The number of ether oxygens (including phenoxy) is 1. The summed E-state index contributed by atoms with van der Waals surface area (Å²) in [4.78, 5) is 4.39. The number of aliphatic imine (C=N–C) groups is 1. The van der Waals surface area contributed by atoms with Crippen LogP contribution in [0.4, 0.5) is 0 Å². The van der Waals surface area contributed by atoms with Gasteiger partial charge in [-0.15, -0.1) is 0 Å². The molecule has 100 valence electrons. The van der Waals surface area contributed by atoms with E-state index in [2.05, 4.69) is 15.6 Å². The predicted molar refractivity (Wildman–Crippen MR) is 69.3 cm³/mol. The normalized spacial score (nSPS) is 18.6. The third-order valence-corrected chi connectivity index (χ3v) is 2.90. The lowest BCUT2D eigenvalue weighted by molar-refractivity contribution is -0.0236. The Hall–Kier alpha value is -0.810. The van der Waals surface area contributed by atoms with Gasteiger partial charge in [0, 0.05) is 19.7 Å². The van der Waals surface area contributed by atoms with Crippen molar-refractivity contribution in [3.63, 3.8) is 0 Å². The van der Waals surface area contributed by atoms with Crippen molar-refractivity contribution in [2.75, 3.05) is 32.8 Å². The minimum atomic E-state index is -0.553. The maximum Gasteiger partial charge on any atom is 0.191 e. The topological polar surface area (TPSA) is 65.9 Å². The molecule has 0 atom stereocenters. The number of nitrogens with zero attached hydrogens (tertiary/aromatic N) is 1. The van der Waals surface area contributed by atoms with Crippen LogP contribution >= 0.6 is 0 Å². The summed E-state index contributed by atoms with van der Waals surface area (Å²) in [6.45, 7) is 7.44. The fraction of sp³-hybridized carbons (Fsp3) is 0.917. The van der Waals surface area contributed by atoms with E-state index >= 15 is 0 Å². The van der Waals surface area contributed by atoms with E-state index in [4.69, 9.17) is 4.74 Å². The van der Waals surface area contributed by atoms with Gasteiger partial charge in [-0.2, -0.15) is 0 Å². The fourth-order valence-electron chi connectivity index (χ4n) is 1.70. The lowest BCUT2D eigenvalue weighted by Gasteiger charge is -2.35. The Morgan fingerprint density at radius 2 is 2.12 bits per heavy atom. The average molecular weight is 243 g/mol. The van der Waals surface area contributed by atoms with Crippen LogP contribution in [0.1, 0.15) is 33.1 Å². The van der Waals surface area contributed by atoms with Gasteiger partial charge in [0.15, 0.2) is 5.96 Å². The second kappa shape index (κ2) is 7.50. The third kappa shape index (κ3) is 5.37. The number of guanidine groups is 1. The average Bonchev–Trinajstić information content (AvgIpc) is 2.29. The Labute approximate surface area is 104 Å². The van der Waals surface area contributed by atoms with Crippen LogP contribution in [0, 0.1) is 0 Å². The zero-order chi connectivity index (χ0) is 12.6. The molecule has 1 saturated carbocycles. The molecule has 0 radical (unpaired) electrons. The Kier molecular flexibility index (Phi) is 6.29. The number of hydrogen-bond donors (Lipinski definition) is 3. The highest BCUT2D eigenvalue weighted by molar-refractivity contribution is 5.79. The van der Waals surface area contributed by atoms with Gasteiger partial charge in [0.05, 0.1) is 18.8 Å². The van der Waals surface area contributed by atoms with E-state index in [1.54, 1.807) is 0 Å². The van der Waals surface area contributed by atoms with Crippen molar-refractivity contribution < 1.29 is 9.84 Å². The third-order valence-electron chi connectivity index (χ3n) is 2.90. The molecule has 0 aliphatic heterocycles. The zero-order valence-corrected chi connectivity index (χ0v) is 11.0. The Balaban J connectivity index is 2.27. The number of aliphatic hydroxyl groups is 1. The highest BCUT2D eigenvalue weighted by Gasteiger charge is 2.34. The second-order valence-electron chi connectivity index (χ2n) is 4.40. The molecule has 0 aromatic rings.